The third kappa shape index (κ3) is 4.94. The summed E-state index contributed by atoms with van der Waals surface area (Å²) in [4.78, 5) is 12.8. The highest BCUT2D eigenvalue weighted by atomic mass is 35.5. The number of sulfonamides is 1. The smallest absolute Gasteiger partial charge is 0.243 e. The Morgan fingerprint density at radius 2 is 1.80 bits per heavy atom. The molecule has 1 aromatic rings. The van der Waals surface area contributed by atoms with E-state index in [9.17, 15) is 13.2 Å². The first kappa shape index (κ1) is 20.2. The summed E-state index contributed by atoms with van der Waals surface area (Å²) in [5.74, 6) is -0.262. The largest absolute Gasteiger partial charge is 0.353 e. The third-order valence-electron chi connectivity index (χ3n) is 4.82. The number of amides is 1. The third-order valence-corrected chi connectivity index (χ3v) is 6.70. The van der Waals surface area contributed by atoms with E-state index in [-0.39, 0.29) is 36.8 Å². The predicted molar refractivity (Wildman–Crippen MR) is 99.2 cm³/mol. The molecule has 1 atom stereocenters. The molecule has 2 aliphatic heterocycles. The van der Waals surface area contributed by atoms with Crippen LogP contribution in [0.4, 0.5) is 0 Å². The summed E-state index contributed by atoms with van der Waals surface area (Å²) in [6.07, 6.45) is 3.34. The highest BCUT2D eigenvalue weighted by Gasteiger charge is 2.33. The number of nitrogens with zero attached hydrogens (tertiary/aromatic N) is 1. The molecule has 1 amide bonds. The number of carbonyl (C=O) groups is 1. The lowest BCUT2D eigenvalue weighted by Crippen LogP contribution is -2.49. The molecule has 25 heavy (non-hydrogen) atoms. The van der Waals surface area contributed by atoms with E-state index in [1.807, 2.05) is 0 Å². The van der Waals surface area contributed by atoms with E-state index < -0.39 is 10.0 Å². The number of hydrogen-bond acceptors (Lipinski definition) is 4. The maximum absolute atomic E-state index is 12.7. The lowest BCUT2D eigenvalue weighted by molar-refractivity contribution is -0.127. The van der Waals surface area contributed by atoms with Gasteiger partial charge in [-0.3, -0.25) is 4.79 Å². The van der Waals surface area contributed by atoms with Gasteiger partial charge in [0, 0.05) is 19.1 Å². The van der Waals surface area contributed by atoms with Crippen LogP contribution >= 0.6 is 12.4 Å². The summed E-state index contributed by atoms with van der Waals surface area (Å²) < 4.78 is 26.9. The Hall–Kier alpha value is -1.15. The first-order chi connectivity index (χ1) is 11.6. The van der Waals surface area contributed by atoms with Gasteiger partial charge >= 0.3 is 0 Å². The van der Waals surface area contributed by atoms with Crippen LogP contribution in [0.1, 0.15) is 25.7 Å². The van der Waals surface area contributed by atoms with E-state index in [1.165, 1.54) is 4.31 Å². The number of rotatable bonds is 4. The molecule has 0 aliphatic carbocycles. The van der Waals surface area contributed by atoms with Crippen molar-refractivity contribution in [3.63, 3.8) is 0 Å². The summed E-state index contributed by atoms with van der Waals surface area (Å²) in [6.45, 7) is 2.59. The van der Waals surface area contributed by atoms with Crippen LogP contribution in [0.25, 0.3) is 0 Å². The molecule has 0 bridgehead atoms. The minimum atomic E-state index is -3.52. The molecular formula is C17H26ClN3O3S. The summed E-state index contributed by atoms with van der Waals surface area (Å²) in [7, 11) is -3.52. The maximum atomic E-state index is 12.7. The first-order valence-corrected chi connectivity index (χ1v) is 10.1. The molecule has 2 N–H and O–H groups in total. The van der Waals surface area contributed by atoms with Crippen LogP contribution in [0.2, 0.25) is 0 Å². The second-order valence-electron chi connectivity index (χ2n) is 6.55. The molecule has 3 rings (SSSR count). The molecule has 8 heteroatoms. The van der Waals surface area contributed by atoms with E-state index >= 15 is 0 Å². The van der Waals surface area contributed by atoms with Crippen molar-refractivity contribution in [2.24, 2.45) is 5.92 Å². The average Bonchev–Trinajstić information content (AvgIpc) is 2.63. The van der Waals surface area contributed by atoms with Gasteiger partial charge in [0.05, 0.1) is 10.8 Å². The van der Waals surface area contributed by atoms with E-state index in [0.717, 1.165) is 38.8 Å². The van der Waals surface area contributed by atoms with Gasteiger partial charge in [0.25, 0.3) is 0 Å². The van der Waals surface area contributed by atoms with Gasteiger partial charge in [-0.2, -0.15) is 4.31 Å². The predicted octanol–water partition coefficient (Wildman–Crippen LogP) is 1.38. The molecule has 0 spiro atoms. The van der Waals surface area contributed by atoms with E-state index in [0.29, 0.717) is 11.4 Å². The maximum Gasteiger partial charge on any atom is 0.243 e. The number of carbonyl (C=O) groups excluding carboxylic acids is 1. The Morgan fingerprint density at radius 1 is 1.12 bits per heavy atom. The zero-order valence-corrected chi connectivity index (χ0v) is 15.8. The van der Waals surface area contributed by atoms with Crippen LogP contribution in [0.5, 0.6) is 0 Å². The van der Waals surface area contributed by atoms with Crippen LogP contribution < -0.4 is 10.6 Å². The molecule has 140 valence electrons. The fourth-order valence-corrected chi connectivity index (χ4v) is 4.95. The molecule has 0 saturated carbocycles. The Morgan fingerprint density at radius 3 is 2.48 bits per heavy atom. The van der Waals surface area contributed by atoms with Crippen LogP contribution in [-0.4, -0.2) is 50.9 Å². The molecule has 6 nitrogen and oxygen atoms in total. The van der Waals surface area contributed by atoms with Gasteiger partial charge in [-0.15, -0.1) is 12.4 Å². The zero-order valence-electron chi connectivity index (χ0n) is 14.2. The van der Waals surface area contributed by atoms with Crippen molar-refractivity contribution in [3.8, 4) is 0 Å². The van der Waals surface area contributed by atoms with Crippen molar-refractivity contribution in [1.29, 1.82) is 0 Å². The highest BCUT2D eigenvalue weighted by Crippen LogP contribution is 2.24. The van der Waals surface area contributed by atoms with Crippen LogP contribution in [0, 0.1) is 5.92 Å². The number of nitrogens with one attached hydrogen (secondary N) is 2. The Bertz CT molecular complexity index is 663. The molecule has 2 aliphatic rings. The molecule has 1 unspecified atom stereocenters. The molecule has 1 aromatic carbocycles. The monoisotopic (exact) mass is 387 g/mol. The topological polar surface area (TPSA) is 78.5 Å². The molecular weight excluding hydrogens is 362 g/mol. The Labute approximate surface area is 155 Å². The normalized spacial score (nSPS) is 22.8. The fourth-order valence-electron chi connectivity index (χ4n) is 3.40. The van der Waals surface area contributed by atoms with Gasteiger partial charge in [0.2, 0.25) is 15.9 Å². The minimum absolute atomic E-state index is 0. The Kier molecular flexibility index (Phi) is 7.25. The zero-order chi connectivity index (χ0) is 17.0. The van der Waals surface area contributed by atoms with Gasteiger partial charge in [0.1, 0.15) is 0 Å². The van der Waals surface area contributed by atoms with Crippen molar-refractivity contribution in [2.75, 3.05) is 26.2 Å². The fraction of sp³-hybridized carbons (Fsp3) is 0.588. The van der Waals surface area contributed by atoms with Gasteiger partial charge < -0.3 is 10.6 Å². The SMILES string of the molecule is Cl.O=C(NC1CCNCC1)C1CCCN(S(=O)(=O)c2ccccc2)C1. The van der Waals surface area contributed by atoms with Gasteiger partial charge in [0.15, 0.2) is 0 Å². The van der Waals surface area contributed by atoms with Crippen molar-refractivity contribution < 1.29 is 13.2 Å². The van der Waals surface area contributed by atoms with Crippen LogP contribution in [-0.2, 0) is 14.8 Å². The van der Waals surface area contributed by atoms with Crippen molar-refractivity contribution >= 4 is 28.3 Å². The molecule has 0 radical (unpaired) electrons. The average molecular weight is 388 g/mol. The summed E-state index contributed by atoms with van der Waals surface area (Å²) in [6, 6.07) is 8.66. The van der Waals surface area contributed by atoms with Crippen molar-refractivity contribution in [1.82, 2.24) is 14.9 Å². The Balaban J connectivity index is 0.00000225. The quantitative estimate of drug-likeness (QED) is 0.818. The lowest BCUT2D eigenvalue weighted by Gasteiger charge is -2.32. The van der Waals surface area contributed by atoms with E-state index in [4.69, 9.17) is 0 Å². The molecule has 2 saturated heterocycles. The number of hydrogen-bond donors (Lipinski definition) is 2. The van der Waals surface area contributed by atoms with E-state index in [2.05, 4.69) is 10.6 Å². The molecule has 2 heterocycles. The lowest BCUT2D eigenvalue weighted by atomic mass is 9.97. The minimum Gasteiger partial charge on any atom is -0.353 e. The van der Waals surface area contributed by atoms with Crippen molar-refractivity contribution in [2.45, 2.75) is 36.6 Å². The second-order valence-corrected chi connectivity index (χ2v) is 8.49. The number of benzene rings is 1. The first-order valence-electron chi connectivity index (χ1n) is 8.63. The standard InChI is InChI=1S/C17H25N3O3S.ClH/c21-17(19-15-8-10-18-11-9-15)14-5-4-12-20(13-14)24(22,23)16-6-2-1-3-7-16;/h1-3,6-7,14-15,18H,4-5,8-13H2,(H,19,21);1H. The summed E-state index contributed by atoms with van der Waals surface area (Å²) in [5.41, 5.74) is 0. The van der Waals surface area contributed by atoms with Gasteiger partial charge in [-0.25, -0.2) is 8.42 Å². The molecule has 2 fully saturated rings. The summed E-state index contributed by atoms with van der Waals surface area (Å²) in [5, 5.41) is 6.37. The van der Waals surface area contributed by atoms with Crippen LogP contribution in [0.3, 0.4) is 0 Å². The summed E-state index contributed by atoms with van der Waals surface area (Å²) >= 11 is 0. The van der Waals surface area contributed by atoms with Crippen molar-refractivity contribution in [3.05, 3.63) is 30.3 Å². The second kappa shape index (κ2) is 8.98. The van der Waals surface area contributed by atoms with Crippen LogP contribution in [0.15, 0.2) is 35.2 Å². The van der Waals surface area contributed by atoms with Gasteiger partial charge in [-0.1, -0.05) is 18.2 Å². The number of piperidine rings is 2. The van der Waals surface area contributed by atoms with Gasteiger partial charge in [-0.05, 0) is 50.9 Å². The molecule has 0 aromatic heterocycles. The highest BCUT2D eigenvalue weighted by molar-refractivity contribution is 7.89. The van der Waals surface area contributed by atoms with E-state index in [1.54, 1.807) is 30.3 Å². The number of halogens is 1.